The third kappa shape index (κ3) is 2.90. The van der Waals surface area contributed by atoms with Gasteiger partial charge in [-0.15, -0.1) is 0 Å². The molecule has 5 nitrogen and oxygen atoms in total. The highest BCUT2D eigenvalue weighted by atomic mass is 16.6. The zero-order valence-electron chi connectivity index (χ0n) is 15.8. The van der Waals surface area contributed by atoms with Gasteiger partial charge in [0.2, 0.25) is 0 Å². The number of ether oxygens (including phenoxy) is 2. The highest BCUT2D eigenvalue weighted by molar-refractivity contribution is 5.79. The van der Waals surface area contributed by atoms with Crippen LogP contribution >= 0.6 is 0 Å². The van der Waals surface area contributed by atoms with Crippen molar-refractivity contribution < 1.29 is 19.4 Å². The molecule has 28 heavy (non-hydrogen) atoms. The van der Waals surface area contributed by atoms with Gasteiger partial charge < -0.3 is 19.5 Å². The molecule has 5 rings (SSSR count). The Hall–Kier alpha value is -2.37. The van der Waals surface area contributed by atoms with Crippen LogP contribution < -0.4 is 0 Å². The first-order chi connectivity index (χ1) is 13.7. The van der Waals surface area contributed by atoms with E-state index in [1.165, 1.54) is 22.3 Å². The predicted molar refractivity (Wildman–Crippen MR) is 105 cm³/mol. The molecule has 2 fully saturated rings. The van der Waals surface area contributed by atoms with Crippen LogP contribution in [-0.4, -0.2) is 54.6 Å². The number of amides is 1. The van der Waals surface area contributed by atoms with E-state index in [0.29, 0.717) is 32.9 Å². The van der Waals surface area contributed by atoms with Crippen molar-refractivity contribution in [1.82, 2.24) is 4.90 Å². The third-order valence-electron chi connectivity index (χ3n) is 6.55. The Morgan fingerprint density at radius 2 is 1.61 bits per heavy atom. The molecule has 2 aliphatic heterocycles. The van der Waals surface area contributed by atoms with Crippen LogP contribution in [0.25, 0.3) is 11.1 Å². The lowest BCUT2D eigenvalue weighted by Gasteiger charge is -2.45. The fourth-order valence-corrected chi connectivity index (χ4v) is 4.83. The molecule has 1 aliphatic carbocycles. The average molecular weight is 379 g/mol. The summed E-state index contributed by atoms with van der Waals surface area (Å²) in [6.45, 7) is 2.45. The monoisotopic (exact) mass is 379 g/mol. The molecular weight excluding hydrogens is 354 g/mol. The van der Waals surface area contributed by atoms with Gasteiger partial charge in [0.05, 0.1) is 13.2 Å². The lowest BCUT2D eigenvalue weighted by atomic mass is 9.79. The number of benzene rings is 2. The van der Waals surface area contributed by atoms with E-state index in [-0.39, 0.29) is 17.9 Å². The van der Waals surface area contributed by atoms with Gasteiger partial charge in [0, 0.05) is 19.0 Å². The smallest absolute Gasteiger partial charge is 0.409 e. The van der Waals surface area contributed by atoms with E-state index in [9.17, 15) is 9.90 Å². The quantitative estimate of drug-likeness (QED) is 0.888. The lowest BCUT2D eigenvalue weighted by molar-refractivity contribution is -0.213. The number of likely N-dealkylation sites (tertiary alicyclic amines) is 1. The maximum atomic E-state index is 12.6. The molecule has 146 valence electrons. The first-order valence-electron chi connectivity index (χ1n) is 10.1. The van der Waals surface area contributed by atoms with E-state index in [1.54, 1.807) is 4.90 Å². The zero-order chi connectivity index (χ0) is 19.1. The molecule has 1 N–H and O–H groups in total. The minimum absolute atomic E-state index is 0.0849. The zero-order valence-corrected chi connectivity index (χ0v) is 15.8. The molecule has 3 aliphatic rings. The van der Waals surface area contributed by atoms with Crippen molar-refractivity contribution >= 4 is 6.09 Å². The van der Waals surface area contributed by atoms with Crippen LogP contribution in [0.5, 0.6) is 0 Å². The van der Waals surface area contributed by atoms with Crippen molar-refractivity contribution in [3.05, 3.63) is 59.7 Å². The Labute approximate surface area is 164 Å². The average Bonchev–Trinajstić information content (AvgIpc) is 3.04. The van der Waals surface area contributed by atoms with Gasteiger partial charge in [0.1, 0.15) is 12.2 Å². The number of fused-ring (bicyclic) bond motifs is 3. The maximum Gasteiger partial charge on any atom is 0.409 e. The van der Waals surface area contributed by atoms with Gasteiger partial charge in [0.15, 0.2) is 0 Å². The van der Waals surface area contributed by atoms with Crippen molar-refractivity contribution in [2.45, 2.75) is 24.4 Å². The fourth-order valence-electron chi connectivity index (χ4n) is 4.83. The Morgan fingerprint density at radius 3 is 2.14 bits per heavy atom. The number of piperidine rings is 1. The van der Waals surface area contributed by atoms with Crippen LogP contribution in [-0.2, 0) is 9.47 Å². The Kier molecular flexibility index (Phi) is 4.37. The standard InChI is InChI=1S/C23H25NO4/c25-22(24-11-9-16(10-12-24)23(26)14-27-15-23)28-13-21-19-7-3-1-5-17(19)18-6-2-4-8-20(18)21/h1-8,16,21,26H,9-15H2. The maximum absolute atomic E-state index is 12.6. The molecule has 0 bridgehead atoms. The summed E-state index contributed by atoms with van der Waals surface area (Å²) in [7, 11) is 0. The number of hydrogen-bond acceptors (Lipinski definition) is 4. The minimum Gasteiger partial charge on any atom is -0.448 e. The second-order valence-electron chi connectivity index (χ2n) is 8.16. The molecule has 0 saturated carbocycles. The minimum atomic E-state index is -0.687. The normalized spacial score (nSPS) is 21.0. The van der Waals surface area contributed by atoms with E-state index in [4.69, 9.17) is 9.47 Å². The first-order valence-corrected chi connectivity index (χ1v) is 10.1. The molecule has 0 aromatic heterocycles. The van der Waals surface area contributed by atoms with Gasteiger partial charge in [0.25, 0.3) is 0 Å². The van der Waals surface area contributed by atoms with Crippen molar-refractivity contribution in [3.8, 4) is 11.1 Å². The summed E-state index contributed by atoms with van der Waals surface area (Å²) in [6.07, 6.45) is 1.34. The second kappa shape index (κ2) is 6.90. The van der Waals surface area contributed by atoms with E-state index in [0.717, 1.165) is 12.8 Å². The predicted octanol–water partition coefficient (Wildman–Crippen LogP) is 3.41. The van der Waals surface area contributed by atoms with Crippen LogP contribution in [0, 0.1) is 5.92 Å². The lowest BCUT2D eigenvalue weighted by Crippen LogP contribution is -2.58. The Balaban J connectivity index is 1.23. The van der Waals surface area contributed by atoms with E-state index in [2.05, 4.69) is 36.4 Å². The summed E-state index contributed by atoms with van der Waals surface area (Å²) in [6, 6.07) is 16.7. The molecule has 0 radical (unpaired) electrons. The summed E-state index contributed by atoms with van der Waals surface area (Å²) in [5, 5.41) is 10.4. The molecule has 0 spiro atoms. The fraction of sp³-hybridized carbons (Fsp3) is 0.435. The summed E-state index contributed by atoms with van der Waals surface area (Å²) in [5.74, 6) is 0.292. The largest absolute Gasteiger partial charge is 0.448 e. The van der Waals surface area contributed by atoms with Gasteiger partial charge in [-0.25, -0.2) is 4.79 Å². The van der Waals surface area contributed by atoms with Gasteiger partial charge in [-0.05, 0) is 41.0 Å². The van der Waals surface area contributed by atoms with Crippen LogP contribution in [0.3, 0.4) is 0 Å². The molecule has 2 heterocycles. The van der Waals surface area contributed by atoms with Gasteiger partial charge in [-0.2, -0.15) is 0 Å². The SMILES string of the molecule is O=C(OCC1c2ccccc2-c2ccccc21)N1CCC(C2(O)COC2)CC1. The molecule has 5 heteroatoms. The van der Waals surface area contributed by atoms with Crippen molar-refractivity contribution in [2.24, 2.45) is 5.92 Å². The summed E-state index contributed by atoms with van der Waals surface area (Å²) in [5.41, 5.74) is 4.23. The van der Waals surface area contributed by atoms with Crippen LogP contribution in [0.2, 0.25) is 0 Å². The number of carbonyl (C=O) groups excluding carboxylic acids is 1. The van der Waals surface area contributed by atoms with Gasteiger partial charge in [-0.3, -0.25) is 0 Å². The third-order valence-corrected chi connectivity index (χ3v) is 6.55. The van der Waals surface area contributed by atoms with Gasteiger partial charge >= 0.3 is 6.09 Å². The van der Waals surface area contributed by atoms with Crippen molar-refractivity contribution in [2.75, 3.05) is 32.9 Å². The Bertz CT molecular complexity index is 838. The first kappa shape index (κ1) is 17.7. The van der Waals surface area contributed by atoms with E-state index < -0.39 is 5.60 Å². The summed E-state index contributed by atoms with van der Waals surface area (Å²) < 4.78 is 10.9. The number of nitrogens with zero attached hydrogens (tertiary/aromatic N) is 1. The highest BCUT2D eigenvalue weighted by Crippen LogP contribution is 2.44. The highest BCUT2D eigenvalue weighted by Gasteiger charge is 2.45. The van der Waals surface area contributed by atoms with Crippen LogP contribution in [0.1, 0.15) is 29.9 Å². The summed E-state index contributed by atoms with van der Waals surface area (Å²) in [4.78, 5) is 14.4. The van der Waals surface area contributed by atoms with Crippen LogP contribution in [0.15, 0.2) is 48.5 Å². The van der Waals surface area contributed by atoms with Crippen LogP contribution in [0.4, 0.5) is 4.79 Å². The topological polar surface area (TPSA) is 59.0 Å². The molecular formula is C23H25NO4. The molecule has 0 atom stereocenters. The summed E-state index contributed by atoms with van der Waals surface area (Å²) >= 11 is 0. The molecule has 2 aromatic rings. The number of carbonyl (C=O) groups is 1. The van der Waals surface area contributed by atoms with Crippen molar-refractivity contribution in [3.63, 3.8) is 0 Å². The van der Waals surface area contributed by atoms with Gasteiger partial charge in [-0.1, -0.05) is 48.5 Å². The number of aliphatic hydroxyl groups is 1. The van der Waals surface area contributed by atoms with Crippen molar-refractivity contribution in [1.29, 1.82) is 0 Å². The second-order valence-corrected chi connectivity index (χ2v) is 8.16. The molecule has 2 saturated heterocycles. The molecule has 1 amide bonds. The number of rotatable bonds is 3. The Morgan fingerprint density at radius 1 is 1.04 bits per heavy atom. The number of hydrogen-bond donors (Lipinski definition) is 1. The molecule has 2 aromatic carbocycles. The van der Waals surface area contributed by atoms with E-state index in [1.807, 2.05) is 12.1 Å². The van der Waals surface area contributed by atoms with E-state index >= 15 is 0 Å². The molecule has 0 unspecified atom stereocenters.